The molecule has 1 aliphatic rings. The van der Waals surface area contributed by atoms with Gasteiger partial charge in [-0.1, -0.05) is 18.2 Å². The van der Waals surface area contributed by atoms with Crippen LogP contribution in [-0.4, -0.2) is 43.5 Å². The minimum Gasteiger partial charge on any atom is -0.508 e. The SMILES string of the molecule is COc1ccc(O)c(CN(Cc2ccccc2OC)CC2CCCO2)c1. The maximum absolute atomic E-state index is 10.3. The van der Waals surface area contributed by atoms with Gasteiger partial charge in [-0.3, -0.25) is 4.90 Å². The summed E-state index contributed by atoms with van der Waals surface area (Å²) in [5.41, 5.74) is 1.97. The Labute approximate surface area is 155 Å². The van der Waals surface area contributed by atoms with Gasteiger partial charge >= 0.3 is 0 Å². The number of aromatic hydroxyl groups is 1. The second-order valence-electron chi connectivity index (χ2n) is 6.61. The summed E-state index contributed by atoms with van der Waals surface area (Å²) >= 11 is 0. The molecule has 2 aromatic rings. The predicted octanol–water partition coefficient (Wildman–Crippen LogP) is 3.59. The van der Waals surface area contributed by atoms with Crippen molar-refractivity contribution in [1.82, 2.24) is 4.90 Å². The summed E-state index contributed by atoms with van der Waals surface area (Å²) < 4.78 is 16.6. The molecule has 1 fully saturated rings. The fourth-order valence-electron chi connectivity index (χ4n) is 3.39. The summed E-state index contributed by atoms with van der Waals surface area (Å²) in [7, 11) is 3.33. The molecule has 0 amide bonds. The normalized spacial score (nSPS) is 16.8. The van der Waals surface area contributed by atoms with Crippen molar-refractivity contribution >= 4 is 0 Å². The summed E-state index contributed by atoms with van der Waals surface area (Å²) in [6.45, 7) is 2.98. The second kappa shape index (κ2) is 8.92. The molecule has 26 heavy (non-hydrogen) atoms. The average molecular weight is 357 g/mol. The summed E-state index contributed by atoms with van der Waals surface area (Å²) in [6.07, 6.45) is 2.42. The van der Waals surface area contributed by atoms with Crippen LogP contribution in [0, 0.1) is 0 Å². The molecule has 1 N–H and O–H groups in total. The first kappa shape index (κ1) is 18.5. The Hall–Kier alpha value is -2.24. The van der Waals surface area contributed by atoms with Crippen LogP contribution < -0.4 is 9.47 Å². The number of rotatable bonds is 8. The van der Waals surface area contributed by atoms with Crippen LogP contribution in [0.5, 0.6) is 17.2 Å². The van der Waals surface area contributed by atoms with Crippen LogP contribution in [0.4, 0.5) is 0 Å². The van der Waals surface area contributed by atoms with E-state index in [0.717, 1.165) is 55.2 Å². The van der Waals surface area contributed by atoms with Crippen molar-refractivity contribution in [3.8, 4) is 17.2 Å². The van der Waals surface area contributed by atoms with Gasteiger partial charge in [0.2, 0.25) is 0 Å². The number of phenolic OH excluding ortho intramolecular Hbond substituents is 1. The summed E-state index contributed by atoms with van der Waals surface area (Å²) in [6, 6.07) is 13.4. The maximum atomic E-state index is 10.3. The van der Waals surface area contributed by atoms with Crippen LogP contribution >= 0.6 is 0 Å². The van der Waals surface area contributed by atoms with Crippen molar-refractivity contribution in [3.05, 3.63) is 53.6 Å². The molecular formula is C21H27NO4. The predicted molar refractivity (Wildman–Crippen MR) is 101 cm³/mol. The third-order valence-corrected chi connectivity index (χ3v) is 4.75. The Balaban J connectivity index is 1.80. The third-order valence-electron chi connectivity index (χ3n) is 4.75. The minimum absolute atomic E-state index is 0.234. The zero-order chi connectivity index (χ0) is 18.4. The Morgan fingerprint density at radius 1 is 1.08 bits per heavy atom. The summed E-state index contributed by atoms with van der Waals surface area (Å²) in [5, 5.41) is 10.3. The molecule has 0 spiro atoms. The van der Waals surface area contributed by atoms with Gasteiger partial charge in [0.1, 0.15) is 17.2 Å². The highest BCUT2D eigenvalue weighted by molar-refractivity contribution is 5.39. The number of phenols is 1. The highest BCUT2D eigenvalue weighted by atomic mass is 16.5. The van der Waals surface area contributed by atoms with Gasteiger partial charge in [-0.2, -0.15) is 0 Å². The Kier molecular flexibility index (Phi) is 6.36. The Morgan fingerprint density at radius 2 is 1.88 bits per heavy atom. The van der Waals surface area contributed by atoms with Crippen LogP contribution in [0.3, 0.4) is 0 Å². The lowest BCUT2D eigenvalue weighted by atomic mass is 10.1. The molecule has 2 aromatic carbocycles. The minimum atomic E-state index is 0.234. The largest absolute Gasteiger partial charge is 0.508 e. The number of hydrogen-bond donors (Lipinski definition) is 1. The van der Waals surface area contributed by atoms with Gasteiger partial charge in [0.15, 0.2) is 0 Å². The first-order valence-electron chi connectivity index (χ1n) is 9.01. The standard InChI is InChI=1S/C21H27NO4/c1-24-18-9-10-20(23)17(12-18)14-22(15-19-7-5-11-26-19)13-16-6-3-4-8-21(16)25-2/h3-4,6,8-10,12,19,23H,5,7,11,13-15H2,1-2H3. The third kappa shape index (κ3) is 4.68. The second-order valence-corrected chi connectivity index (χ2v) is 6.61. The molecule has 1 aliphatic heterocycles. The molecule has 140 valence electrons. The van der Waals surface area contributed by atoms with E-state index in [-0.39, 0.29) is 11.9 Å². The number of nitrogens with zero attached hydrogens (tertiary/aromatic N) is 1. The zero-order valence-electron chi connectivity index (χ0n) is 15.5. The highest BCUT2D eigenvalue weighted by Gasteiger charge is 2.21. The van der Waals surface area contributed by atoms with Crippen LogP contribution in [-0.2, 0) is 17.8 Å². The van der Waals surface area contributed by atoms with Crippen molar-refractivity contribution < 1.29 is 19.3 Å². The van der Waals surface area contributed by atoms with E-state index in [2.05, 4.69) is 11.0 Å². The molecule has 5 heteroatoms. The van der Waals surface area contributed by atoms with Crippen LogP contribution in [0.25, 0.3) is 0 Å². The Morgan fingerprint density at radius 3 is 2.62 bits per heavy atom. The van der Waals surface area contributed by atoms with Crippen molar-refractivity contribution in [3.63, 3.8) is 0 Å². The fourth-order valence-corrected chi connectivity index (χ4v) is 3.39. The van der Waals surface area contributed by atoms with Gasteiger partial charge in [-0.15, -0.1) is 0 Å². The molecule has 0 aliphatic carbocycles. The molecule has 0 bridgehead atoms. The van der Waals surface area contributed by atoms with Gasteiger partial charge in [0, 0.05) is 37.4 Å². The lowest BCUT2D eigenvalue weighted by molar-refractivity contribution is 0.0673. The molecular weight excluding hydrogens is 330 g/mol. The zero-order valence-corrected chi connectivity index (χ0v) is 15.5. The molecule has 0 radical (unpaired) electrons. The number of ether oxygens (including phenoxy) is 3. The van der Waals surface area contributed by atoms with E-state index in [4.69, 9.17) is 14.2 Å². The van der Waals surface area contributed by atoms with Crippen LogP contribution in [0.2, 0.25) is 0 Å². The first-order chi connectivity index (χ1) is 12.7. The molecule has 3 rings (SSSR count). The quantitative estimate of drug-likeness (QED) is 0.782. The number of methoxy groups -OCH3 is 2. The molecule has 1 unspecified atom stereocenters. The Bertz CT molecular complexity index is 713. The number of para-hydroxylation sites is 1. The monoisotopic (exact) mass is 357 g/mol. The molecule has 0 aromatic heterocycles. The molecule has 0 saturated carbocycles. The van der Waals surface area contributed by atoms with Crippen LogP contribution in [0.1, 0.15) is 24.0 Å². The van der Waals surface area contributed by atoms with Crippen molar-refractivity contribution in [2.24, 2.45) is 0 Å². The molecule has 1 atom stereocenters. The van der Waals surface area contributed by atoms with Gasteiger partial charge in [0.25, 0.3) is 0 Å². The van der Waals surface area contributed by atoms with E-state index in [1.165, 1.54) is 0 Å². The van der Waals surface area contributed by atoms with Gasteiger partial charge in [-0.05, 0) is 37.1 Å². The van der Waals surface area contributed by atoms with Crippen molar-refractivity contribution in [2.75, 3.05) is 27.4 Å². The lowest BCUT2D eigenvalue weighted by Gasteiger charge is -2.26. The van der Waals surface area contributed by atoms with E-state index >= 15 is 0 Å². The highest BCUT2D eigenvalue weighted by Crippen LogP contribution is 2.27. The first-order valence-corrected chi connectivity index (χ1v) is 9.01. The van der Waals surface area contributed by atoms with Gasteiger partial charge < -0.3 is 19.3 Å². The fraction of sp³-hybridized carbons (Fsp3) is 0.429. The maximum Gasteiger partial charge on any atom is 0.123 e. The van der Waals surface area contributed by atoms with E-state index in [0.29, 0.717) is 6.54 Å². The van der Waals surface area contributed by atoms with Crippen molar-refractivity contribution in [1.29, 1.82) is 0 Å². The number of hydrogen-bond acceptors (Lipinski definition) is 5. The van der Waals surface area contributed by atoms with E-state index in [1.807, 2.05) is 24.3 Å². The smallest absolute Gasteiger partial charge is 0.123 e. The van der Waals surface area contributed by atoms with E-state index < -0.39 is 0 Å². The van der Waals surface area contributed by atoms with E-state index in [9.17, 15) is 5.11 Å². The van der Waals surface area contributed by atoms with Crippen LogP contribution in [0.15, 0.2) is 42.5 Å². The molecule has 1 saturated heterocycles. The number of benzene rings is 2. The molecule has 1 heterocycles. The lowest BCUT2D eigenvalue weighted by Crippen LogP contribution is -2.31. The van der Waals surface area contributed by atoms with E-state index in [1.54, 1.807) is 26.4 Å². The van der Waals surface area contributed by atoms with Gasteiger partial charge in [0.05, 0.1) is 20.3 Å². The van der Waals surface area contributed by atoms with Gasteiger partial charge in [-0.25, -0.2) is 0 Å². The average Bonchev–Trinajstić information content (AvgIpc) is 3.17. The van der Waals surface area contributed by atoms with Crippen molar-refractivity contribution in [2.45, 2.75) is 32.0 Å². The summed E-state index contributed by atoms with van der Waals surface area (Å²) in [4.78, 5) is 2.29. The summed E-state index contributed by atoms with van der Waals surface area (Å²) in [5.74, 6) is 1.90. The topological polar surface area (TPSA) is 51.2 Å². The molecule has 5 nitrogen and oxygen atoms in total.